The van der Waals surface area contributed by atoms with Gasteiger partial charge in [-0.15, -0.1) is 0 Å². The quantitative estimate of drug-likeness (QED) is 0.856. The zero-order valence-corrected chi connectivity index (χ0v) is 10.8. The molecule has 1 fully saturated rings. The Hall–Kier alpha value is -1.06. The number of anilines is 1. The number of aliphatic hydroxyl groups excluding tert-OH is 1. The van der Waals surface area contributed by atoms with Crippen molar-refractivity contribution in [2.75, 3.05) is 38.6 Å². The van der Waals surface area contributed by atoms with Gasteiger partial charge in [-0.3, -0.25) is 0 Å². The summed E-state index contributed by atoms with van der Waals surface area (Å²) in [4.78, 5) is 4.71. The van der Waals surface area contributed by atoms with E-state index in [1.807, 2.05) is 12.1 Å². The van der Waals surface area contributed by atoms with Gasteiger partial charge in [0.05, 0.1) is 6.61 Å². The van der Waals surface area contributed by atoms with E-state index >= 15 is 0 Å². The fourth-order valence-corrected chi connectivity index (χ4v) is 2.52. The van der Waals surface area contributed by atoms with Crippen LogP contribution < -0.4 is 4.90 Å². The Labute approximate surface area is 104 Å². The van der Waals surface area contributed by atoms with Crippen LogP contribution >= 0.6 is 0 Å². The molecule has 1 aromatic carbocycles. The van der Waals surface area contributed by atoms with E-state index < -0.39 is 0 Å². The SMILES string of the molecule is CN1CCC(CN(C)c2ccc(CO)cc2)C1. The van der Waals surface area contributed by atoms with Gasteiger partial charge in [0, 0.05) is 25.8 Å². The smallest absolute Gasteiger partial charge is 0.0681 e. The first-order valence-electron chi connectivity index (χ1n) is 6.28. The topological polar surface area (TPSA) is 26.7 Å². The lowest BCUT2D eigenvalue weighted by Crippen LogP contribution is -2.27. The lowest BCUT2D eigenvalue weighted by Gasteiger charge is -2.23. The molecule has 0 aliphatic carbocycles. The molecule has 0 spiro atoms. The summed E-state index contributed by atoms with van der Waals surface area (Å²) >= 11 is 0. The highest BCUT2D eigenvalue weighted by Crippen LogP contribution is 2.20. The van der Waals surface area contributed by atoms with E-state index in [-0.39, 0.29) is 6.61 Å². The normalized spacial score (nSPS) is 20.8. The highest BCUT2D eigenvalue weighted by molar-refractivity contribution is 5.46. The Balaban J connectivity index is 1.92. The number of benzene rings is 1. The van der Waals surface area contributed by atoms with Crippen LogP contribution in [-0.2, 0) is 6.61 Å². The van der Waals surface area contributed by atoms with E-state index in [0.717, 1.165) is 18.0 Å². The van der Waals surface area contributed by atoms with Gasteiger partial charge in [0.1, 0.15) is 0 Å². The maximum Gasteiger partial charge on any atom is 0.0681 e. The van der Waals surface area contributed by atoms with Crippen LogP contribution in [0.15, 0.2) is 24.3 Å². The molecule has 1 aromatic rings. The number of aliphatic hydroxyl groups is 1. The van der Waals surface area contributed by atoms with Gasteiger partial charge in [-0.1, -0.05) is 12.1 Å². The zero-order chi connectivity index (χ0) is 12.3. The number of rotatable bonds is 4. The van der Waals surface area contributed by atoms with Gasteiger partial charge in [-0.2, -0.15) is 0 Å². The van der Waals surface area contributed by atoms with Gasteiger partial charge in [-0.05, 0) is 43.6 Å². The molecule has 1 atom stereocenters. The van der Waals surface area contributed by atoms with Crippen LogP contribution in [-0.4, -0.2) is 43.7 Å². The fraction of sp³-hybridized carbons (Fsp3) is 0.571. The second-order valence-electron chi connectivity index (χ2n) is 5.12. The molecular formula is C14H22N2O. The molecule has 0 amide bonds. The molecule has 94 valence electrons. The van der Waals surface area contributed by atoms with Crippen molar-refractivity contribution in [3.8, 4) is 0 Å². The number of likely N-dealkylation sites (tertiary alicyclic amines) is 1. The molecule has 1 aliphatic rings. The third-order valence-electron chi connectivity index (χ3n) is 3.58. The van der Waals surface area contributed by atoms with Gasteiger partial charge >= 0.3 is 0 Å². The maximum atomic E-state index is 9.01. The molecule has 0 bridgehead atoms. The first-order valence-corrected chi connectivity index (χ1v) is 6.28. The fourth-order valence-electron chi connectivity index (χ4n) is 2.52. The molecule has 1 unspecified atom stereocenters. The van der Waals surface area contributed by atoms with Crippen molar-refractivity contribution >= 4 is 5.69 Å². The summed E-state index contributed by atoms with van der Waals surface area (Å²) in [5.41, 5.74) is 2.21. The van der Waals surface area contributed by atoms with E-state index in [9.17, 15) is 0 Å². The van der Waals surface area contributed by atoms with Crippen LogP contribution in [0.25, 0.3) is 0 Å². The van der Waals surface area contributed by atoms with E-state index in [0.29, 0.717) is 0 Å². The van der Waals surface area contributed by atoms with Crippen molar-refractivity contribution in [3.05, 3.63) is 29.8 Å². The van der Waals surface area contributed by atoms with E-state index in [1.54, 1.807) is 0 Å². The third-order valence-corrected chi connectivity index (χ3v) is 3.58. The van der Waals surface area contributed by atoms with Crippen LogP contribution in [0.5, 0.6) is 0 Å². The average Bonchev–Trinajstić information content (AvgIpc) is 2.75. The van der Waals surface area contributed by atoms with Crippen molar-refractivity contribution in [1.82, 2.24) is 4.90 Å². The predicted octanol–water partition coefficient (Wildman–Crippen LogP) is 1.57. The van der Waals surface area contributed by atoms with Crippen molar-refractivity contribution < 1.29 is 5.11 Å². The minimum Gasteiger partial charge on any atom is -0.392 e. The minimum absolute atomic E-state index is 0.122. The van der Waals surface area contributed by atoms with Crippen LogP contribution in [0.4, 0.5) is 5.69 Å². The molecule has 0 radical (unpaired) electrons. The van der Waals surface area contributed by atoms with Crippen LogP contribution in [0.3, 0.4) is 0 Å². The average molecular weight is 234 g/mol. The maximum absolute atomic E-state index is 9.01. The summed E-state index contributed by atoms with van der Waals surface area (Å²) < 4.78 is 0. The van der Waals surface area contributed by atoms with Gasteiger partial charge in [0.2, 0.25) is 0 Å². The minimum atomic E-state index is 0.122. The van der Waals surface area contributed by atoms with Crippen molar-refractivity contribution in [2.45, 2.75) is 13.0 Å². The van der Waals surface area contributed by atoms with E-state index in [4.69, 9.17) is 5.11 Å². The second-order valence-corrected chi connectivity index (χ2v) is 5.12. The highest BCUT2D eigenvalue weighted by atomic mass is 16.3. The summed E-state index contributed by atoms with van der Waals surface area (Å²) in [6.45, 7) is 3.67. The number of nitrogens with zero attached hydrogens (tertiary/aromatic N) is 2. The van der Waals surface area contributed by atoms with E-state index in [1.165, 1.54) is 25.2 Å². The number of hydrogen-bond acceptors (Lipinski definition) is 3. The Kier molecular flexibility index (Phi) is 4.02. The highest BCUT2D eigenvalue weighted by Gasteiger charge is 2.20. The van der Waals surface area contributed by atoms with Crippen molar-refractivity contribution in [1.29, 1.82) is 0 Å². The monoisotopic (exact) mass is 234 g/mol. The summed E-state index contributed by atoms with van der Waals surface area (Å²) in [5.74, 6) is 0.780. The summed E-state index contributed by atoms with van der Waals surface area (Å²) in [6, 6.07) is 8.16. The summed E-state index contributed by atoms with van der Waals surface area (Å²) in [5, 5.41) is 9.01. The number of hydrogen-bond donors (Lipinski definition) is 1. The largest absolute Gasteiger partial charge is 0.392 e. The molecule has 0 aromatic heterocycles. The van der Waals surface area contributed by atoms with Crippen LogP contribution in [0, 0.1) is 5.92 Å². The first-order chi connectivity index (χ1) is 8.19. The first kappa shape index (κ1) is 12.4. The molecular weight excluding hydrogens is 212 g/mol. The van der Waals surface area contributed by atoms with E-state index in [2.05, 4.69) is 36.0 Å². The molecule has 0 saturated carbocycles. The van der Waals surface area contributed by atoms with Crippen molar-refractivity contribution in [2.24, 2.45) is 5.92 Å². The molecule has 1 heterocycles. The third kappa shape index (κ3) is 3.20. The zero-order valence-electron chi connectivity index (χ0n) is 10.8. The molecule has 17 heavy (non-hydrogen) atoms. The van der Waals surface area contributed by atoms with Crippen LogP contribution in [0.2, 0.25) is 0 Å². The van der Waals surface area contributed by atoms with Crippen molar-refractivity contribution in [3.63, 3.8) is 0 Å². The molecule has 1 N–H and O–H groups in total. The lowest BCUT2D eigenvalue weighted by molar-refractivity contribution is 0.282. The molecule has 2 rings (SSSR count). The Morgan fingerprint density at radius 2 is 2.06 bits per heavy atom. The standard InChI is InChI=1S/C14H22N2O/c1-15-8-7-13(9-15)10-16(2)14-5-3-12(11-17)4-6-14/h3-6,13,17H,7-11H2,1-2H3. The Morgan fingerprint density at radius 3 is 2.59 bits per heavy atom. The summed E-state index contributed by atoms with van der Waals surface area (Å²) in [7, 11) is 4.34. The molecule has 1 aliphatic heterocycles. The second kappa shape index (κ2) is 5.52. The van der Waals surface area contributed by atoms with Gasteiger partial charge in [0.15, 0.2) is 0 Å². The van der Waals surface area contributed by atoms with Gasteiger partial charge in [-0.25, -0.2) is 0 Å². The van der Waals surface area contributed by atoms with Crippen LogP contribution in [0.1, 0.15) is 12.0 Å². The lowest BCUT2D eigenvalue weighted by atomic mass is 10.1. The molecule has 3 nitrogen and oxygen atoms in total. The Morgan fingerprint density at radius 1 is 1.35 bits per heavy atom. The molecule has 3 heteroatoms. The predicted molar refractivity (Wildman–Crippen MR) is 71.2 cm³/mol. The summed E-state index contributed by atoms with van der Waals surface area (Å²) in [6.07, 6.45) is 1.30. The van der Waals surface area contributed by atoms with Gasteiger partial charge in [0.25, 0.3) is 0 Å². The Bertz CT molecular complexity index is 350. The van der Waals surface area contributed by atoms with Gasteiger partial charge < -0.3 is 14.9 Å². The molecule has 1 saturated heterocycles.